The van der Waals surface area contributed by atoms with Crippen LogP contribution < -0.4 is 0 Å². The molecular formula is C10H8Cl2N2O2S. The number of imidazole rings is 1. The fourth-order valence-electron chi connectivity index (χ4n) is 1.42. The van der Waals surface area contributed by atoms with Crippen molar-refractivity contribution in [3.05, 3.63) is 29.2 Å². The fraction of sp³-hybridized carbons (Fsp3) is 0.200. The first-order valence-electron chi connectivity index (χ1n) is 4.79. The Kier molecular flexibility index (Phi) is 3.81. The number of hydrogen-bond acceptors (Lipinski definition) is 4. The van der Waals surface area contributed by atoms with E-state index in [1.54, 1.807) is 23.6 Å². The van der Waals surface area contributed by atoms with Crippen molar-refractivity contribution in [2.75, 3.05) is 6.61 Å². The molecule has 0 saturated heterocycles. The molecule has 0 fully saturated rings. The number of fused-ring (bicyclic) bond motifs is 1. The van der Waals surface area contributed by atoms with Crippen LogP contribution >= 0.6 is 33.3 Å². The van der Waals surface area contributed by atoms with E-state index in [9.17, 15) is 4.79 Å². The Morgan fingerprint density at radius 1 is 1.65 bits per heavy atom. The minimum Gasteiger partial charge on any atom is -0.461 e. The van der Waals surface area contributed by atoms with Crippen molar-refractivity contribution in [1.82, 2.24) is 9.38 Å². The number of carbonyl (C=O) groups is 1. The van der Waals surface area contributed by atoms with Crippen molar-refractivity contribution in [1.29, 1.82) is 0 Å². The Morgan fingerprint density at radius 3 is 3.06 bits per heavy atom. The Balaban J connectivity index is 2.58. The molecule has 90 valence electrons. The SMILES string of the molecule is CCOC(=O)c1cnc2c(Cl)cc(SCl)cn12. The van der Waals surface area contributed by atoms with E-state index in [2.05, 4.69) is 4.98 Å². The van der Waals surface area contributed by atoms with E-state index in [0.717, 1.165) is 15.9 Å². The summed E-state index contributed by atoms with van der Waals surface area (Å²) in [4.78, 5) is 16.5. The highest BCUT2D eigenvalue weighted by atomic mass is 35.7. The van der Waals surface area contributed by atoms with E-state index >= 15 is 0 Å². The fourth-order valence-corrected chi connectivity index (χ4v) is 2.30. The molecule has 0 N–H and O–H groups in total. The van der Waals surface area contributed by atoms with Gasteiger partial charge in [0.1, 0.15) is 0 Å². The van der Waals surface area contributed by atoms with Crippen LogP contribution in [0.4, 0.5) is 0 Å². The van der Waals surface area contributed by atoms with Crippen LogP contribution in [0.25, 0.3) is 5.65 Å². The van der Waals surface area contributed by atoms with Crippen molar-refractivity contribution in [2.45, 2.75) is 11.8 Å². The number of ether oxygens (including phenoxy) is 1. The molecule has 2 aromatic rings. The summed E-state index contributed by atoms with van der Waals surface area (Å²) in [7, 11) is 6.69. The van der Waals surface area contributed by atoms with Gasteiger partial charge in [0.05, 0.1) is 17.8 Å². The van der Waals surface area contributed by atoms with E-state index < -0.39 is 5.97 Å². The summed E-state index contributed by atoms with van der Waals surface area (Å²) in [6.45, 7) is 2.05. The van der Waals surface area contributed by atoms with Gasteiger partial charge in [-0.25, -0.2) is 9.78 Å². The highest BCUT2D eigenvalue weighted by molar-refractivity contribution is 8.21. The lowest BCUT2D eigenvalue weighted by atomic mass is 10.4. The van der Waals surface area contributed by atoms with Gasteiger partial charge in [-0.15, -0.1) is 0 Å². The van der Waals surface area contributed by atoms with Crippen molar-refractivity contribution in [2.24, 2.45) is 0 Å². The first-order chi connectivity index (χ1) is 8.17. The predicted octanol–water partition coefficient (Wildman–Crippen LogP) is 3.41. The van der Waals surface area contributed by atoms with Gasteiger partial charge in [0.15, 0.2) is 11.3 Å². The van der Waals surface area contributed by atoms with Crippen molar-refractivity contribution in [3.63, 3.8) is 0 Å². The molecule has 0 spiro atoms. The summed E-state index contributed by atoms with van der Waals surface area (Å²) in [6.07, 6.45) is 3.13. The van der Waals surface area contributed by atoms with Crippen LogP contribution in [0.2, 0.25) is 5.02 Å². The number of nitrogens with zero attached hydrogens (tertiary/aromatic N) is 2. The normalized spacial score (nSPS) is 10.8. The third kappa shape index (κ3) is 2.36. The maximum Gasteiger partial charge on any atom is 0.356 e. The number of rotatable bonds is 3. The largest absolute Gasteiger partial charge is 0.461 e. The van der Waals surface area contributed by atoms with Crippen LogP contribution in [0, 0.1) is 0 Å². The smallest absolute Gasteiger partial charge is 0.356 e. The molecule has 0 aromatic carbocycles. The van der Waals surface area contributed by atoms with Gasteiger partial charge in [0.2, 0.25) is 0 Å². The van der Waals surface area contributed by atoms with Gasteiger partial charge in [0, 0.05) is 11.1 Å². The molecule has 0 aliphatic heterocycles. The lowest BCUT2D eigenvalue weighted by Gasteiger charge is -2.04. The van der Waals surface area contributed by atoms with E-state index in [1.165, 1.54) is 6.20 Å². The van der Waals surface area contributed by atoms with Gasteiger partial charge in [-0.3, -0.25) is 4.40 Å². The molecule has 0 amide bonds. The first-order valence-corrected chi connectivity index (χ1v) is 6.81. The van der Waals surface area contributed by atoms with Crippen LogP contribution in [0.5, 0.6) is 0 Å². The second kappa shape index (κ2) is 5.16. The van der Waals surface area contributed by atoms with Crippen LogP contribution in [0.15, 0.2) is 23.4 Å². The van der Waals surface area contributed by atoms with Crippen molar-refractivity contribution >= 4 is 44.9 Å². The molecule has 2 aromatic heterocycles. The van der Waals surface area contributed by atoms with Crippen LogP contribution in [0.3, 0.4) is 0 Å². The first kappa shape index (κ1) is 12.5. The zero-order chi connectivity index (χ0) is 12.4. The van der Waals surface area contributed by atoms with E-state index in [4.69, 9.17) is 27.0 Å². The predicted molar refractivity (Wildman–Crippen MR) is 67.9 cm³/mol. The van der Waals surface area contributed by atoms with Crippen LogP contribution in [-0.2, 0) is 4.74 Å². The molecule has 0 saturated carbocycles. The molecule has 17 heavy (non-hydrogen) atoms. The van der Waals surface area contributed by atoms with Gasteiger partial charge in [0.25, 0.3) is 0 Å². The standard InChI is InChI=1S/C10H8Cl2N2O2S/c1-2-16-10(15)8-4-13-9-7(11)3-6(17-12)5-14(8)9/h3-5H,2H2,1H3. The second-order valence-electron chi connectivity index (χ2n) is 3.16. The minimum absolute atomic E-state index is 0.309. The molecular weight excluding hydrogens is 283 g/mol. The highest BCUT2D eigenvalue weighted by Crippen LogP contribution is 2.28. The molecule has 2 heterocycles. The van der Waals surface area contributed by atoms with Gasteiger partial charge in [-0.2, -0.15) is 0 Å². The number of halogens is 2. The second-order valence-corrected chi connectivity index (χ2v) is 4.65. The van der Waals surface area contributed by atoms with Crippen LogP contribution in [-0.4, -0.2) is 22.0 Å². The summed E-state index contributed by atoms with van der Waals surface area (Å²) in [5.74, 6) is -0.437. The van der Waals surface area contributed by atoms with E-state index in [1.807, 2.05) is 0 Å². The summed E-state index contributed by atoms with van der Waals surface area (Å²) in [5.41, 5.74) is 0.834. The molecule has 0 atom stereocenters. The van der Waals surface area contributed by atoms with E-state index in [-0.39, 0.29) is 0 Å². The molecule has 2 rings (SSSR count). The molecule has 4 nitrogen and oxygen atoms in total. The number of aromatic nitrogens is 2. The number of hydrogen-bond donors (Lipinski definition) is 0. The molecule has 7 heteroatoms. The Labute approximate surface area is 111 Å². The zero-order valence-corrected chi connectivity index (χ0v) is 11.1. The Hall–Kier alpha value is -0.910. The van der Waals surface area contributed by atoms with Gasteiger partial charge in [-0.1, -0.05) is 11.6 Å². The molecule has 0 aliphatic rings. The third-order valence-electron chi connectivity index (χ3n) is 2.11. The van der Waals surface area contributed by atoms with E-state index in [0.29, 0.717) is 23.0 Å². The Morgan fingerprint density at radius 2 is 2.41 bits per heavy atom. The summed E-state index contributed by atoms with van der Waals surface area (Å²) < 4.78 is 6.50. The zero-order valence-electron chi connectivity index (χ0n) is 8.81. The minimum atomic E-state index is -0.437. The maximum atomic E-state index is 11.7. The average molecular weight is 291 g/mol. The molecule has 0 aliphatic carbocycles. The summed E-state index contributed by atoms with van der Waals surface area (Å²) in [5, 5.41) is 0.436. The maximum absolute atomic E-state index is 11.7. The molecule has 0 bridgehead atoms. The lowest BCUT2D eigenvalue weighted by molar-refractivity contribution is 0.0518. The van der Waals surface area contributed by atoms with Crippen LogP contribution in [0.1, 0.15) is 17.4 Å². The van der Waals surface area contributed by atoms with Crippen molar-refractivity contribution in [3.8, 4) is 0 Å². The topological polar surface area (TPSA) is 43.6 Å². The quantitative estimate of drug-likeness (QED) is 0.813. The Bertz CT molecular complexity index is 571. The third-order valence-corrected chi connectivity index (χ3v) is 3.32. The number of pyridine rings is 1. The van der Waals surface area contributed by atoms with Gasteiger partial charge < -0.3 is 4.74 Å². The summed E-state index contributed by atoms with van der Waals surface area (Å²) in [6, 6.07) is 1.69. The van der Waals surface area contributed by atoms with Crippen molar-refractivity contribution < 1.29 is 9.53 Å². The molecule has 0 radical (unpaired) electrons. The number of esters is 1. The molecule has 0 unspecified atom stereocenters. The lowest BCUT2D eigenvalue weighted by Crippen LogP contribution is -2.07. The van der Waals surface area contributed by atoms with Gasteiger partial charge in [-0.05, 0) is 34.6 Å². The summed E-state index contributed by atoms with van der Waals surface area (Å²) >= 11 is 6.03. The van der Waals surface area contributed by atoms with Gasteiger partial charge >= 0.3 is 5.97 Å². The monoisotopic (exact) mass is 290 g/mol. The number of carbonyl (C=O) groups excluding carboxylic acids is 1. The average Bonchev–Trinajstić information content (AvgIpc) is 2.73. The highest BCUT2D eigenvalue weighted by Gasteiger charge is 2.15.